The van der Waals surface area contributed by atoms with Gasteiger partial charge in [0.25, 0.3) is 5.91 Å². The van der Waals surface area contributed by atoms with E-state index >= 15 is 0 Å². The highest BCUT2D eigenvalue weighted by Crippen LogP contribution is 2.24. The molecule has 0 spiro atoms. The average molecular weight is 404 g/mol. The Balaban J connectivity index is 1.78. The van der Waals surface area contributed by atoms with Crippen molar-refractivity contribution in [2.75, 3.05) is 46.0 Å². The SMILES string of the molecule is CSc1ccc(Cl)c(C(=O)NC(CN2CCN(C)CC2)c2ccccc2)c1. The third kappa shape index (κ3) is 5.48. The van der Waals surface area contributed by atoms with Crippen molar-refractivity contribution in [3.05, 3.63) is 64.7 Å². The van der Waals surface area contributed by atoms with Crippen LogP contribution in [0, 0.1) is 0 Å². The van der Waals surface area contributed by atoms with E-state index < -0.39 is 0 Å². The normalized spacial score (nSPS) is 16.9. The second kappa shape index (κ2) is 9.60. The average Bonchev–Trinajstić information content (AvgIpc) is 2.70. The monoisotopic (exact) mass is 403 g/mol. The van der Waals surface area contributed by atoms with Crippen LogP contribution in [0.1, 0.15) is 22.0 Å². The second-order valence-corrected chi connectivity index (χ2v) is 8.17. The molecular formula is C21H26ClN3OS. The van der Waals surface area contributed by atoms with Gasteiger partial charge in [-0.25, -0.2) is 0 Å². The van der Waals surface area contributed by atoms with Crippen molar-refractivity contribution in [3.8, 4) is 0 Å². The summed E-state index contributed by atoms with van der Waals surface area (Å²) in [6.07, 6.45) is 1.99. The minimum Gasteiger partial charge on any atom is -0.344 e. The Hall–Kier alpha value is -1.53. The molecule has 27 heavy (non-hydrogen) atoms. The molecule has 1 heterocycles. The summed E-state index contributed by atoms with van der Waals surface area (Å²) >= 11 is 7.90. The summed E-state index contributed by atoms with van der Waals surface area (Å²) in [5.41, 5.74) is 1.64. The maximum Gasteiger partial charge on any atom is 0.253 e. The van der Waals surface area contributed by atoms with Gasteiger partial charge in [-0.15, -0.1) is 11.8 Å². The molecule has 0 saturated carbocycles. The van der Waals surface area contributed by atoms with Crippen LogP contribution >= 0.6 is 23.4 Å². The summed E-state index contributed by atoms with van der Waals surface area (Å²) in [5.74, 6) is -0.126. The first-order valence-electron chi connectivity index (χ1n) is 9.17. The van der Waals surface area contributed by atoms with Crippen molar-refractivity contribution >= 4 is 29.3 Å². The van der Waals surface area contributed by atoms with Crippen LogP contribution in [0.25, 0.3) is 0 Å². The molecule has 1 aliphatic rings. The van der Waals surface area contributed by atoms with Gasteiger partial charge < -0.3 is 10.2 Å². The lowest BCUT2D eigenvalue weighted by Gasteiger charge is -2.35. The molecule has 1 fully saturated rings. The number of carbonyl (C=O) groups is 1. The highest BCUT2D eigenvalue weighted by atomic mass is 35.5. The Bertz CT molecular complexity index is 763. The van der Waals surface area contributed by atoms with Gasteiger partial charge in [-0.1, -0.05) is 41.9 Å². The van der Waals surface area contributed by atoms with Crippen LogP contribution in [0.2, 0.25) is 5.02 Å². The number of nitrogens with one attached hydrogen (secondary N) is 1. The molecule has 0 radical (unpaired) electrons. The number of piperazine rings is 1. The molecule has 0 aliphatic carbocycles. The lowest BCUT2D eigenvalue weighted by atomic mass is 10.0. The smallest absolute Gasteiger partial charge is 0.253 e. The summed E-state index contributed by atoms with van der Waals surface area (Å²) in [4.78, 5) is 18.8. The molecule has 4 nitrogen and oxygen atoms in total. The fraction of sp³-hybridized carbons (Fsp3) is 0.381. The fourth-order valence-corrected chi connectivity index (χ4v) is 3.89. The summed E-state index contributed by atoms with van der Waals surface area (Å²) < 4.78 is 0. The first kappa shape index (κ1) is 20.2. The van der Waals surface area contributed by atoms with E-state index in [2.05, 4.69) is 34.3 Å². The van der Waals surface area contributed by atoms with Gasteiger partial charge in [-0.2, -0.15) is 0 Å². The highest BCUT2D eigenvalue weighted by Gasteiger charge is 2.22. The second-order valence-electron chi connectivity index (χ2n) is 6.89. The number of rotatable bonds is 6. The fourth-order valence-electron chi connectivity index (χ4n) is 3.25. The van der Waals surface area contributed by atoms with Crippen LogP contribution in [0.15, 0.2) is 53.4 Å². The van der Waals surface area contributed by atoms with E-state index in [0.29, 0.717) is 10.6 Å². The summed E-state index contributed by atoms with van der Waals surface area (Å²) in [7, 11) is 2.15. The maximum atomic E-state index is 13.0. The minimum absolute atomic E-state index is 0.0730. The van der Waals surface area contributed by atoms with Gasteiger partial charge in [0.1, 0.15) is 0 Å². The van der Waals surface area contributed by atoms with Crippen molar-refractivity contribution < 1.29 is 4.79 Å². The van der Waals surface area contributed by atoms with Crippen LogP contribution in [0.4, 0.5) is 0 Å². The molecule has 1 unspecified atom stereocenters. The standard InChI is InChI=1S/C21H26ClN3OS/c1-24-10-12-25(13-11-24)15-20(16-6-4-3-5-7-16)23-21(26)18-14-17(27-2)8-9-19(18)22/h3-9,14,20H,10-13,15H2,1-2H3,(H,23,26). The number of hydrogen-bond donors (Lipinski definition) is 1. The summed E-state index contributed by atoms with van der Waals surface area (Å²) in [6, 6.07) is 15.7. The van der Waals surface area contributed by atoms with E-state index in [-0.39, 0.29) is 11.9 Å². The maximum absolute atomic E-state index is 13.0. The number of thioether (sulfide) groups is 1. The van der Waals surface area contributed by atoms with Gasteiger partial charge in [-0.3, -0.25) is 9.69 Å². The van der Waals surface area contributed by atoms with Gasteiger partial charge in [0.2, 0.25) is 0 Å². The zero-order valence-corrected chi connectivity index (χ0v) is 17.4. The molecule has 6 heteroatoms. The van der Waals surface area contributed by atoms with E-state index in [1.807, 2.05) is 36.6 Å². The van der Waals surface area contributed by atoms with E-state index in [1.165, 1.54) is 0 Å². The van der Waals surface area contributed by atoms with Crippen molar-refractivity contribution in [3.63, 3.8) is 0 Å². The van der Waals surface area contributed by atoms with Gasteiger partial charge in [0, 0.05) is 37.6 Å². The van der Waals surface area contributed by atoms with Gasteiger partial charge >= 0.3 is 0 Å². The molecule has 1 saturated heterocycles. The van der Waals surface area contributed by atoms with Gasteiger partial charge in [0.05, 0.1) is 16.6 Å². The molecular weight excluding hydrogens is 378 g/mol. The number of likely N-dealkylation sites (N-methyl/N-ethyl adjacent to an activating group) is 1. The van der Waals surface area contributed by atoms with Crippen LogP contribution in [-0.4, -0.2) is 61.7 Å². The predicted molar refractivity (Wildman–Crippen MR) is 114 cm³/mol. The number of carbonyl (C=O) groups excluding carboxylic acids is 1. The van der Waals surface area contributed by atoms with Gasteiger partial charge in [-0.05, 0) is 37.1 Å². The zero-order valence-electron chi connectivity index (χ0n) is 15.8. The van der Waals surface area contributed by atoms with Gasteiger partial charge in [0.15, 0.2) is 0 Å². The Kier molecular flexibility index (Phi) is 7.19. The summed E-state index contributed by atoms with van der Waals surface area (Å²) in [5, 5.41) is 3.70. The first-order chi connectivity index (χ1) is 13.1. The van der Waals surface area contributed by atoms with Crippen LogP contribution in [0.5, 0.6) is 0 Å². The van der Waals surface area contributed by atoms with Crippen molar-refractivity contribution in [1.29, 1.82) is 0 Å². The van der Waals surface area contributed by atoms with Crippen molar-refractivity contribution in [2.45, 2.75) is 10.9 Å². The lowest BCUT2D eigenvalue weighted by Crippen LogP contribution is -2.47. The quantitative estimate of drug-likeness (QED) is 0.744. The molecule has 3 rings (SSSR count). The summed E-state index contributed by atoms with van der Waals surface area (Å²) in [6.45, 7) is 4.92. The zero-order chi connectivity index (χ0) is 19.2. The number of amides is 1. The van der Waals surface area contributed by atoms with E-state index in [9.17, 15) is 4.79 Å². The van der Waals surface area contributed by atoms with E-state index in [0.717, 1.165) is 43.2 Å². The Labute approximate surface area is 170 Å². The van der Waals surface area contributed by atoms with Crippen molar-refractivity contribution in [1.82, 2.24) is 15.1 Å². The third-order valence-electron chi connectivity index (χ3n) is 4.96. The molecule has 2 aromatic carbocycles. The van der Waals surface area contributed by atoms with E-state index in [4.69, 9.17) is 11.6 Å². The molecule has 1 atom stereocenters. The number of benzene rings is 2. The third-order valence-corrected chi connectivity index (χ3v) is 6.02. The lowest BCUT2D eigenvalue weighted by molar-refractivity contribution is 0.0907. The van der Waals surface area contributed by atoms with Crippen LogP contribution < -0.4 is 5.32 Å². The Morgan fingerprint density at radius 1 is 1.15 bits per heavy atom. The molecule has 1 amide bonds. The number of hydrogen-bond acceptors (Lipinski definition) is 4. The van der Waals surface area contributed by atoms with Crippen LogP contribution in [0.3, 0.4) is 0 Å². The largest absolute Gasteiger partial charge is 0.344 e. The number of halogens is 1. The van der Waals surface area contributed by atoms with Crippen LogP contribution in [-0.2, 0) is 0 Å². The molecule has 144 valence electrons. The topological polar surface area (TPSA) is 35.6 Å². The number of nitrogens with zero attached hydrogens (tertiary/aromatic N) is 2. The first-order valence-corrected chi connectivity index (χ1v) is 10.8. The predicted octanol–water partition coefficient (Wildman–Crippen LogP) is 3.78. The Morgan fingerprint density at radius 2 is 1.85 bits per heavy atom. The molecule has 0 aromatic heterocycles. The molecule has 2 aromatic rings. The molecule has 1 aliphatic heterocycles. The highest BCUT2D eigenvalue weighted by molar-refractivity contribution is 7.98. The van der Waals surface area contributed by atoms with Crippen molar-refractivity contribution in [2.24, 2.45) is 0 Å². The molecule has 0 bridgehead atoms. The van der Waals surface area contributed by atoms with E-state index in [1.54, 1.807) is 17.8 Å². The minimum atomic E-state index is -0.126. The Morgan fingerprint density at radius 3 is 2.52 bits per heavy atom. The molecule has 1 N–H and O–H groups in total.